The van der Waals surface area contributed by atoms with Crippen LogP contribution in [0.5, 0.6) is 0 Å². The monoisotopic (exact) mass is 275 g/mol. The molecule has 108 valence electrons. The minimum Gasteiger partial charge on any atom is -0.351 e. The van der Waals surface area contributed by atoms with E-state index in [1.807, 2.05) is 24.3 Å². The summed E-state index contributed by atoms with van der Waals surface area (Å²) in [7, 11) is 0. The number of amides is 2. The number of rotatable bonds is 7. The number of nitrogens with one attached hydrogen (secondary N) is 3. The first-order valence-corrected chi connectivity index (χ1v) is 6.97. The topological polar surface area (TPSA) is 70.2 Å². The van der Waals surface area contributed by atoms with Gasteiger partial charge in [-0.05, 0) is 43.0 Å². The molecule has 0 atom stereocenters. The van der Waals surface area contributed by atoms with Crippen LogP contribution in [-0.2, 0) is 16.1 Å². The first-order chi connectivity index (χ1) is 9.63. The van der Waals surface area contributed by atoms with Gasteiger partial charge in [-0.2, -0.15) is 0 Å². The molecule has 1 aromatic rings. The van der Waals surface area contributed by atoms with Crippen LogP contribution in [0.15, 0.2) is 24.3 Å². The highest BCUT2D eigenvalue weighted by molar-refractivity contribution is 5.88. The molecule has 0 heterocycles. The summed E-state index contributed by atoms with van der Waals surface area (Å²) in [5, 5.41) is 8.73. The second-order valence-corrected chi connectivity index (χ2v) is 5.23. The molecule has 20 heavy (non-hydrogen) atoms. The Bertz CT molecular complexity index is 484. The lowest BCUT2D eigenvalue weighted by Crippen LogP contribution is -2.34. The maximum Gasteiger partial charge on any atom is 0.234 e. The molecule has 0 radical (unpaired) electrons. The van der Waals surface area contributed by atoms with Gasteiger partial charge in [-0.25, -0.2) is 0 Å². The highest BCUT2D eigenvalue weighted by Gasteiger charge is 2.20. The third-order valence-corrected chi connectivity index (χ3v) is 3.15. The molecular formula is C15H21N3O2. The number of benzene rings is 1. The predicted octanol–water partition coefficient (Wildman–Crippen LogP) is 1.26. The lowest BCUT2D eigenvalue weighted by molar-refractivity contribution is -0.120. The number of anilines is 1. The zero-order valence-electron chi connectivity index (χ0n) is 11.7. The molecule has 0 aliphatic heterocycles. The molecule has 1 aliphatic rings. The highest BCUT2D eigenvalue weighted by Crippen LogP contribution is 2.27. The van der Waals surface area contributed by atoms with Crippen molar-refractivity contribution in [2.75, 3.05) is 18.4 Å². The van der Waals surface area contributed by atoms with Crippen LogP contribution in [0.1, 0.15) is 25.3 Å². The summed E-state index contributed by atoms with van der Waals surface area (Å²) >= 11 is 0. The van der Waals surface area contributed by atoms with Crippen molar-refractivity contribution in [3.8, 4) is 0 Å². The van der Waals surface area contributed by atoms with Crippen LogP contribution < -0.4 is 16.0 Å². The van der Waals surface area contributed by atoms with Crippen LogP contribution in [0.2, 0.25) is 0 Å². The third-order valence-electron chi connectivity index (χ3n) is 3.15. The molecule has 1 aromatic carbocycles. The fraction of sp³-hybridized carbons (Fsp3) is 0.467. The quantitative estimate of drug-likeness (QED) is 0.701. The predicted molar refractivity (Wildman–Crippen MR) is 78.2 cm³/mol. The minimum absolute atomic E-state index is 0.00409. The normalized spacial score (nSPS) is 13.8. The molecule has 1 saturated carbocycles. The van der Waals surface area contributed by atoms with Gasteiger partial charge in [0.25, 0.3) is 0 Å². The van der Waals surface area contributed by atoms with Crippen molar-refractivity contribution < 1.29 is 9.59 Å². The van der Waals surface area contributed by atoms with Gasteiger partial charge in [0.15, 0.2) is 0 Å². The molecule has 5 heteroatoms. The van der Waals surface area contributed by atoms with E-state index in [9.17, 15) is 9.59 Å². The van der Waals surface area contributed by atoms with Gasteiger partial charge >= 0.3 is 0 Å². The molecule has 0 saturated heterocycles. The summed E-state index contributed by atoms with van der Waals surface area (Å²) in [6.07, 6.45) is 2.56. The van der Waals surface area contributed by atoms with E-state index < -0.39 is 0 Å². The molecule has 5 nitrogen and oxygen atoms in total. The van der Waals surface area contributed by atoms with Crippen molar-refractivity contribution in [1.29, 1.82) is 0 Å². The van der Waals surface area contributed by atoms with Crippen molar-refractivity contribution in [2.45, 2.75) is 26.3 Å². The second-order valence-electron chi connectivity index (χ2n) is 5.23. The van der Waals surface area contributed by atoms with E-state index >= 15 is 0 Å². The zero-order chi connectivity index (χ0) is 14.4. The van der Waals surface area contributed by atoms with Crippen LogP contribution in [0.4, 0.5) is 5.69 Å². The van der Waals surface area contributed by atoms with E-state index in [-0.39, 0.29) is 11.8 Å². The van der Waals surface area contributed by atoms with Crippen LogP contribution in [0, 0.1) is 5.92 Å². The van der Waals surface area contributed by atoms with Crippen LogP contribution in [0.25, 0.3) is 0 Å². The van der Waals surface area contributed by atoms with Crippen molar-refractivity contribution in [3.63, 3.8) is 0 Å². The summed E-state index contributed by atoms with van der Waals surface area (Å²) in [4.78, 5) is 22.6. The van der Waals surface area contributed by atoms with E-state index in [1.165, 1.54) is 19.8 Å². The molecule has 2 amide bonds. The number of carbonyl (C=O) groups excluding carboxylic acids is 2. The molecule has 0 unspecified atom stereocenters. The Kier molecular flexibility index (Phi) is 5.12. The zero-order valence-corrected chi connectivity index (χ0v) is 11.7. The van der Waals surface area contributed by atoms with Gasteiger partial charge in [0.2, 0.25) is 11.8 Å². The first kappa shape index (κ1) is 14.5. The highest BCUT2D eigenvalue weighted by atomic mass is 16.2. The first-order valence-electron chi connectivity index (χ1n) is 6.97. The molecule has 1 fully saturated rings. The molecule has 0 spiro atoms. The Morgan fingerprint density at radius 3 is 2.80 bits per heavy atom. The van der Waals surface area contributed by atoms with Crippen molar-refractivity contribution in [2.24, 2.45) is 5.92 Å². The average Bonchev–Trinajstić information content (AvgIpc) is 3.20. The summed E-state index contributed by atoms with van der Waals surface area (Å²) < 4.78 is 0. The van der Waals surface area contributed by atoms with Gasteiger partial charge in [-0.1, -0.05) is 12.1 Å². The largest absolute Gasteiger partial charge is 0.351 e. The van der Waals surface area contributed by atoms with Gasteiger partial charge in [-0.3, -0.25) is 9.59 Å². The Balaban J connectivity index is 1.71. The smallest absolute Gasteiger partial charge is 0.234 e. The molecule has 3 N–H and O–H groups in total. The summed E-state index contributed by atoms with van der Waals surface area (Å²) in [6.45, 7) is 3.24. The lowest BCUT2D eigenvalue weighted by atomic mass is 10.2. The Hall–Kier alpha value is -1.88. The average molecular weight is 275 g/mol. The molecule has 1 aliphatic carbocycles. The number of carbonyl (C=O) groups is 2. The molecule has 0 aromatic heterocycles. The maximum atomic E-state index is 11.6. The van der Waals surface area contributed by atoms with E-state index in [2.05, 4.69) is 16.0 Å². The van der Waals surface area contributed by atoms with E-state index in [0.717, 1.165) is 23.7 Å². The maximum absolute atomic E-state index is 11.6. The standard InChI is InChI=1S/C15H21N3O2/c1-11(19)18-14-4-2-3-13(7-14)9-17-15(20)10-16-8-12-5-6-12/h2-4,7,12,16H,5-6,8-10H2,1H3,(H,17,20)(H,18,19). The summed E-state index contributed by atoms with van der Waals surface area (Å²) in [5.74, 6) is 0.670. The van der Waals surface area contributed by atoms with E-state index in [4.69, 9.17) is 0 Å². The van der Waals surface area contributed by atoms with Gasteiger partial charge < -0.3 is 16.0 Å². The van der Waals surface area contributed by atoms with Crippen LogP contribution in [-0.4, -0.2) is 24.9 Å². The summed E-state index contributed by atoms with van der Waals surface area (Å²) in [5.41, 5.74) is 1.71. The van der Waals surface area contributed by atoms with E-state index in [0.29, 0.717) is 13.1 Å². The van der Waals surface area contributed by atoms with Gasteiger partial charge in [-0.15, -0.1) is 0 Å². The molecular weight excluding hydrogens is 254 g/mol. The SMILES string of the molecule is CC(=O)Nc1cccc(CNC(=O)CNCC2CC2)c1. The van der Waals surface area contributed by atoms with Gasteiger partial charge in [0.1, 0.15) is 0 Å². The number of hydrogen-bond acceptors (Lipinski definition) is 3. The fourth-order valence-corrected chi connectivity index (χ4v) is 1.94. The Morgan fingerprint density at radius 2 is 2.10 bits per heavy atom. The Labute approximate surface area is 119 Å². The molecule has 0 bridgehead atoms. The van der Waals surface area contributed by atoms with Crippen molar-refractivity contribution in [1.82, 2.24) is 10.6 Å². The van der Waals surface area contributed by atoms with Crippen molar-refractivity contribution in [3.05, 3.63) is 29.8 Å². The lowest BCUT2D eigenvalue weighted by Gasteiger charge is -2.08. The van der Waals surface area contributed by atoms with Crippen molar-refractivity contribution >= 4 is 17.5 Å². The van der Waals surface area contributed by atoms with Gasteiger partial charge in [0, 0.05) is 19.2 Å². The fourth-order valence-electron chi connectivity index (χ4n) is 1.94. The number of hydrogen-bond donors (Lipinski definition) is 3. The van der Waals surface area contributed by atoms with Crippen LogP contribution >= 0.6 is 0 Å². The summed E-state index contributed by atoms with van der Waals surface area (Å²) in [6, 6.07) is 7.46. The minimum atomic E-state index is -0.101. The second kappa shape index (κ2) is 7.05. The third kappa shape index (κ3) is 5.40. The van der Waals surface area contributed by atoms with Crippen LogP contribution in [0.3, 0.4) is 0 Å². The van der Waals surface area contributed by atoms with E-state index in [1.54, 1.807) is 0 Å². The molecule has 2 rings (SSSR count). The Morgan fingerprint density at radius 1 is 1.30 bits per heavy atom. The van der Waals surface area contributed by atoms with Gasteiger partial charge in [0.05, 0.1) is 6.54 Å².